The molecule has 0 rings (SSSR count). The number of rotatable bonds is 10. The van der Waals surface area contributed by atoms with Crippen LogP contribution in [-0.2, 0) is 19.2 Å². The number of Topliss-reactive ketones (excluding diaryl/α,β-unsaturated/α-hetero) is 2. The van der Waals surface area contributed by atoms with Gasteiger partial charge in [-0.05, 0) is 32.6 Å². The average molecular weight is 298 g/mol. The van der Waals surface area contributed by atoms with E-state index in [2.05, 4.69) is 10.6 Å². The molecule has 0 spiro atoms. The summed E-state index contributed by atoms with van der Waals surface area (Å²) in [4.78, 5) is 45.4. The second-order valence-electron chi connectivity index (χ2n) is 5.62. The largest absolute Gasteiger partial charge is 0.347 e. The van der Waals surface area contributed by atoms with Crippen LogP contribution >= 0.6 is 0 Å². The molecule has 0 aliphatic carbocycles. The number of amides is 2. The van der Waals surface area contributed by atoms with Crippen molar-refractivity contribution >= 4 is 23.4 Å². The van der Waals surface area contributed by atoms with Gasteiger partial charge in [0.2, 0.25) is 11.8 Å². The predicted molar refractivity (Wildman–Crippen MR) is 79.6 cm³/mol. The molecule has 6 heteroatoms. The van der Waals surface area contributed by atoms with Gasteiger partial charge in [-0.25, -0.2) is 0 Å². The lowest BCUT2D eigenvalue weighted by molar-refractivity contribution is -0.131. The fourth-order valence-electron chi connectivity index (χ4n) is 1.76. The zero-order valence-electron chi connectivity index (χ0n) is 13.3. The summed E-state index contributed by atoms with van der Waals surface area (Å²) in [6, 6.07) is -0.648. The molecule has 21 heavy (non-hydrogen) atoms. The molecular weight excluding hydrogens is 272 g/mol. The van der Waals surface area contributed by atoms with Crippen LogP contribution in [0.1, 0.15) is 53.4 Å². The maximum Gasteiger partial charge on any atom is 0.243 e. The summed E-state index contributed by atoms with van der Waals surface area (Å²) in [6.45, 7) is 6.53. The van der Waals surface area contributed by atoms with Crippen molar-refractivity contribution in [2.75, 3.05) is 6.54 Å². The molecule has 0 aromatic rings. The normalized spacial score (nSPS) is 11.9. The highest BCUT2D eigenvalue weighted by Crippen LogP contribution is 2.05. The Kier molecular flexibility index (Phi) is 9.25. The Morgan fingerprint density at radius 3 is 1.95 bits per heavy atom. The molecule has 2 N–H and O–H groups in total. The second-order valence-corrected chi connectivity index (χ2v) is 5.62. The molecule has 0 aliphatic heterocycles. The van der Waals surface area contributed by atoms with Gasteiger partial charge in [0.15, 0.2) is 0 Å². The third-order valence-corrected chi connectivity index (χ3v) is 2.96. The van der Waals surface area contributed by atoms with Gasteiger partial charge in [0.1, 0.15) is 17.6 Å². The molecule has 0 fully saturated rings. The Morgan fingerprint density at radius 1 is 0.905 bits per heavy atom. The number of carbonyl (C=O) groups excluding carboxylic acids is 4. The standard InChI is InChI=1S/C15H26N2O4/c1-10(2)14(15(21)16-9-12(4)19)17-13(20)8-6-5-7-11(3)18/h10,14H,5-9H2,1-4H3,(H,16,21)(H,17,20). The molecule has 2 amide bonds. The van der Waals surface area contributed by atoms with E-state index in [0.717, 1.165) is 0 Å². The highest BCUT2D eigenvalue weighted by Gasteiger charge is 2.23. The van der Waals surface area contributed by atoms with E-state index in [4.69, 9.17) is 0 Å². The fraction of sp³-hybridized carbons (Fsp3) is 0.733. The van der Waals surface area contributed by atoms with Gasteiger partial charge in [-0.3, -0.25) is 14.4 Å². The van der Waals surface area contributed by atoms with E-state index in [1.807, 2.05) is 13.8 Å². The molecule has 0 aromatic carbocycles. The minimum Gasteiger partial charge on any atom is -0.347 e. The van der Waals surface area contributed by atoms with Crippen molar-refractivity contribution in [3.63, 3.8) is 0 Å². The molecule has 0 saturated heterocycles. The molecule has 1 unspecified atom stereocenters. The summed E-state index contributed by atoms with van der Waals surface area (Å²) < 4.78 is 0. The number of ketones is 2. The van der Waals surface area contributed by atoms with Crippen molar-refractivity contribution in [3.05, 3.63) is 0 Å². The molecular formula is C15H26N2O4. The van der Waals surface area contributed by atoms with Gasteiger partial charge in [0.05, 0.1) is 6.54 Å². The summed E-state index contributed by atoms with van der Waals surface area (Å²) in [5.74, 6) is -0.661. The Balaban J connectivity index is 4.23. The summed E-state index contributed by atoms with van der Waals surface area (Å²) in [5.41, 5.74) is 0. The van der Waals surface area contributed by atoms with Crippen molar-refractivity contribution < 1.29 is 19.2 Å². The van der Waals surface area contributed by atoms with Crippen molar-refractivity contribution in [1.82, 2.24) is 10.6 Å². The monoisotopic (exact) mass is 298 g/mol. The van der Waals surface area contributed by atoms with Crippen LogP contribution in [-0.4, -0.2) is 36.0 Å². The van der Waals surface area contributed by atoms with Crippen LogP contribution < -0.4 is 10.6 Å². The van der Waals surface area contributed by atoms with Crippen LogP contribution in [0.5, 0.6) is 0 Å². The lowest BCUT2D eigenvalue weighted by Crippen LogP contribution is -2.50. The number of hydrogen-bond acceptors (Lipinski definition) is 4. The molecule has 1 atom stereocenters. The molecule has 0 saturated carbocycles. The molecule has 0 bridgehead atoms. The lowest BCUT2D eigenvalue weighted by atomic mass is 10.0. The smallest absolute Gasteiger partial charge is 0.243 e. The van der Waals surface area contributed by atoms with Gasteiger partial charge in [0.25, 0.3) is 0 Å². The van der Waals surface area contributed by atoms with Gasteiger partial charge in [0, 0.05) is 12.8 Å². The van der Waals surface area contributed by atoms with Gasteiger partial charge in [-0.15, -0.1) is 0 Å². The van der Waals surface area contributed by atoms with Gasteiger partial charge >= 0.3 is 0 Å². The van der Waals surface area contributed by atoms with Crippen LogP contribution in [0.25, 0.3) is 0 Å². The van der Waals surface area contributed by atoms with Crippen molar-refractivity contribution in [1.29, 1.82) is 0 Å². The van der Waals surface area contributed by atoms with E-state index in [0.29, 0.717) is 19.3 Å². The van der Waals surface area contributed by atoms with E-state index < -0.39 is 6.04 Å². The maximum absolute atomic E-state index is 11.9. The number of unbranched alkanes of at least 4 members (excludes halogenated alkanes) is 1. The zero-order chi connectivity index (χ0) is 16.4. The SMILES string of the molecule is CC(=O)CCCCC(=O)NC(C(=O)NCC(C)=O)C(C)C. The van der Waals surface area contributed by atoms with Crippen LogP contribution in [0.3, 0.4) is 0 Å². The molecule has 0 aliphatic rings. The lowest BCUT2D eigenvalue weighted by Gasteiger charge is -2.21. The molecule has 0 aromatic heterocycles. The van der Waals surface area contributed by atoms with E-state index in [-0.39, 0.29) is 42.3 Å². The average Bonchev–Trinajstić information content (AvgIpc) is 2.37. The quantitative estimate of drug-likeness (QED) is 0.588. The Hall–Kier alpha value is -1.72. The van der Waals surface area contributed by atoms with Crippen LogP contribution in [0.15, 0.2) is 0 Å². The Morgan fingerprint density at radius 2 is 1.48 bits per heavy atom. The summed E-state index contributed by atoms with van der Waals surface area (Å²) in [7, 11) is 0. The Labute approximate surface area is 126 Å². The molecule has 6 nitrogen and oxygen atoms in total. The van der Waals surface area contributed by atoms with Crippen molar-refractivity contribution in [2.24, 2.45) is 5.92 Å². The molecule has 120 valence electrons. The van der Waals surface area contributed by atoms with Crippen LogP contribution in [0, 0.1) is 5.92 Å². The molecule has 0 radical (unpaired) electrons. The van der Waals surface area contributed by atoms with Gasteiger partial charge in [-0.1, -0.05) is 13.8 Å². The zero-order valence-corrected chi connectivity index (χ0v) is 13.3. The van der Waals surface area contributed by atoms with Gasteiger partial charge < -0.3 is 15.4 Å². The first-order valence-corrected chi connectivity index (χ1v) is 7.30. The first-order chi connectivity index (χ1) is 9.73. The molecule has 0 heterocycles. The summed E-state index contributed by atoms with van der Waals surface area (Å²) in [6.07, 6.45) is 2.05. The van der Waals surface area contributed by atoms with E-state index >= 15 is 0 Å². The van der Waals surface area contributed by atoms with E-state index in [1.165, 1.54) is 13.8 Å². The van der Waals surface area contributed by atoms with Crippen LogP contribution in [0.2, 0.25) is 0 Å². The first-order valence-electron chi connectivity index (χ1n) is 7.30. The van der Waals surface area contributed by atoms with Crippen molar-refractivity contribution in [3.8, 4) is 0 Å². The summed E-state index contributed by atoms with van der Waals surface area (Å²) >= 11 is 0. The minimum atomic E-state index is -0.648. The Bertz CT molecular complexity index is 391. The highest BCUT2D eigenvalue weighted by molar-refractivity contribution is 5.90. The van der Waals surface area contributed by atoms with Gasteiger partial charge in [-0.2, -0.15) is 0 Å². The number of nitrogens with one attached hydrogen (secondary N) is 2. The minimum absolute atomic E-state index is 0.0312. The predicted octanol–water partition coefficient (Wildman–Crippen LogP) is 0.982. The van der Waals surface area contributed by atoms with Crippen molar-refractivity contribution in [2.45, 2.75) is 59.4 Å². The summed E-state index contributed by atoms with van der Waals surface area (Å²) in [5, 5.41) is 5.18. The number of hydrogen-bond donors (Lipinski definition) is 2. The fourth-order valence-corrected chi connectivity index (χ4v) is 1.76. The third-order valence-electron chi connectivity index (χ3n) is 2.96. The third kappa shape index (κ3) is 9.76. The second kappa shape index (κ2) is 10.1. The maximum atomic E-state index is 11.9. The highest BCUT2D eigenvalue weighted by atomic mass is 16.2. The first kappa shape index (κ1) is 19.3. The topological polar surface area (TPSA) is 92.3 Å². The van der Waals surface area contributed by atoms with E-state index in [1.54, 1.807) is 0 Å². The van der Waals surface area contributed by atoms with Crippen LogP contribution in [0.4, 0.5) is 0 Å². The number of carbonyl (C=O) groups is 4. The van der Waals surface area contributed by atoms with E-state index in [9.17, 15) is 19.2 Å².